The van der Waals surface area contributed by atoms with Crippen LogP contribution in [-0.2, 0) is 13.1 Å². The molecule has 1 aliphatic rings. The molecule has 1 aromatic rings. The fourth-order valence-electron chi connectivity index (χ4n) is 3.12. The molecular weight excluding hydrogens is 232 g/mol. The summed E-state index contributed by atoms with van der Waals surface area (Å²) in [6.45, 7) is 6.51. The predicted molar refractivity (Wildman–Crippen MR) is 82.1 cm³/mol. The van der Waals surface area contributed by atoms with Crippen molar-refractivity contribution in [3.63, 3.8) is 0 Å². The minimum absolute atomic E-state index is 0.940. The van der Waals surface area contributed by atoms with Gasteiger partial charge in [-0.2, -0.15) is 0 Å². The maximum absolute atomic E-state index is 3.39. The fraction of sp³-hybridized carbons (Fsp3) is 0.647. The molecule has 0 aliphatic heterocycles. The number of hydrogen-bond donors (Lipinski definition) is 1. The van der Waals surface area contributed by atoms with E-state index in [0.29, 0.717) is 0 Å². The van der Waals surface area contributed by atoms with Crippen molar-refractivity contribution in [1.29, 1.82) is 0 Å². The van der Waals surface area contributed by atoms with Gasteiger partial charge in [-0.3, -0.25) is 0 Å². The number of hydrogen-bond acceptors (Lipinski definition) is 2. The highest BCUT2D eigenvalue weighted by Gasteiger charge is 2.16. The Hall–Kier alpha value is -0.860. The average molecular weight is 260 g/mol. The van der Waals surface area contributed by atoms with E-state index in [4.69, 9.17) is 0 Å². The molecule has 106 valence electrons. The largest absolute Gasteiger partial charge is 0.313 e. The lowest BCUT2D eigenvalue weighted by Gasteiger charge is -2.21. The highest BCUT2D eigenvalue weighted by Crippen LogP contribution is 2.25. The van der Waals surface area contributed by atoms with Crippen LogP contribution in [0.1, 0.15) is 43.7 Å². The SMILES string of the molecule is CCNCc1cccc(CN(C)CC2CCCC2)c1. The van der Waals surface area contributed by atoms with E-state index >= 15 is 0 Å². The van der Waals surface area contributed by atoms with Gasteiger partial charge < -0.3 is 10.2 Å². The summed E-state index contributed by atoms with van der Waals surface area (Å²) in [4.78, 5) is 2.49. The first kappa shape index (κ1) is 14.5. The first-order valence-electron chi connectivity index (χ1n) is 7.75. The van der Waals surface area contributed by atoms with Gasteiger partial charge in [0.15, 0.2) is 0 Å². The van der Waals surface area contributed by atoms with E-state index in [0.717, 1.165) is 25.6 Å². The summed E-state index contributed by atoms with van der Waals surface area (Å²) in [7, 11) is 2.26. The van der Waals surface area contributed by atoms with Crippen LogP contribution in [0.4, 0.5) is 0 Å². The maximum atomic E-state index is 3.39. The van der Waals surface area contributed by atoms with E-state index in [2.05, 4.69) is 48.5 Å². The molecule has 0 spiro atoms. The van der Waals surface area contributed by atoms with Crippen molar-refractivity contribution in [3.05, 3.63) is 35.4 Å². The number of nitrogens with one attached hydrogen (secondary N) is 1. The van der Waals surface area contributed by atoms with Crippen molar-refractivity contribution in [2.45, 2.75) is 45.7 Å². The Morgan fingerprint density at radius 1 is 1.21 bits per heavy atom. The third-order valence-electron chi connectivity index (χ3n) is 4.07. The molecule has 19 heavy (non-hydrogen) atoms. The molecule has 0 saturated heterocycles. The van der Waals surface area contributed by atoms with Gasteiger partial charge in [0.25, 0.3) is 0 Å². The second-order valence-electron chi connectivity index (χ2n) is 5.95. The molecular formula is C17H28N2. The Labute approximate surface area is 118 Å². The van der Waals surface area contributed by atoms with Gasteiger partial charge in [0.1, 0.15) is 0 Å². The highest BCUT2D eigenvalue weighted by atomic mass is 15.1. The van der Waals surface area contributed by atoms with Crippen molar-refractivity contribution < 1.29 is 0 Å². The van der Waals surface area contributed by atoms with Crippen LogP contribution in [0.25, 0.3) is 0 Å². The monoisotopic (exact) mass is 260 g/mol. The quantitative estimate of drug-likeness (QED) is 0.808. The van der Waals surface area contributed by atoms with Crippen molar-refractivity contribution in [2.24, 2.45) is 5.92 Å². The van der Waals surface area contributed by atoms with Crippen LogP contribution in [0, 0.1) is 5.92 Å². The molecule has 0 atom stereocenters. The second-order valence-corrected chi connectivity index (χ2v) is 5.95. The number of nitrogens with zero attached hydrogens (tertiary/aromatic N) is 1. The maximum Gasteiger partial charge on any atom is 0.0230 e. The molecule has 0 amide bonds. The Bertz CT molecular complexity index is 369. The number of rotatable bonds is 7. The fourth-order valence-corrected chi connectivity index (χ4v) is 3.12. The standard InChI is InChI=1S/C17H28N2/c1-3-18-12-16-9-6-10-17(11-16)14-19(2)13-15-7-4-5-8-15/h6,9-11,15,18H,3-5,7-8,12-14H2,1-2H3. The Morgan fingerprint density at radius 3 is 2.68 bits per heavy atom. The topological polar surface area (TPSA) is 15.3 Å². The molecule has 1 saturated carbocycles. The van der Waals surface area contributed by atoms with E-state index in [-0.39, 0.29) is 0 Å². The zero-order chi connectivity index (χ0) is 13.5. The molecule has 0 bridgehead atoms. The van der Waals surface area contributed by atoms with Crippen molar-refractivity contribution in [2.75, 3.05) is 20.1 Å². The highest BCUT2D eigenvalue weighted by molar-refractivity contribution is 5.23. The van der Waals surface area contributed by atoms with Crippen LogP contribution in [0.3, 0.4) is 0 Å². The van der Waals surface area contributed by atoms with Gasteiger partial charge in [-0.05, 0) is 43.5 Å². The van der Waals surface area contributed by atoms with Gasteiger partial charge >= 0.3 is 0 Å². The van der Waals surface area contributed by atoms with Crippen LogP contribution in [0.15, 0.2) is 24.3 Å². The van der Waals surface area contributed by atoms with E-state index in [1.54, 1.807) is 0 Å². The molecule has 0 unspecified atom stereocenters. The smallest absolute Gasteiger partial charge is 0.0230 e. The zero-order valence-electron chi connectivity index (χ0n) is 12.5. The first-order chi connectivity index (χ1) is 9.28. The molecule has 1 N–H and O–H groups in total. The van der Waals surface area contributed by atoms with Crippen molar-refractivity contribution >= 4 is 0 Å². The van der Waals surface area contributed by atoms with Gasteiger partial charge in [-0.1, -0.05) is 44.0 Å². The summed E-state index contributed by atoms with van der Waals surface area (Å²) in [5.41, 5.74) is 2.84. The Kier molecular flexibility index (Phi) is 5.87. The summed E-state index contributed by atoms with van der Waals surface area (Å²) in [6.07, 6.45) is 5.75. The van der Waals surface area contributed by atoms with Gasteiger partial charge in [-0.25, -0.2) is 0 Å². The zero-order valence-corrected chi connectivity index (χ0v) is 12.5. The predicted octanol–water partition coefficient (Wildman–Crippen LogP) is 3.42. The van der Waals surface area contributed by atoms with Crippen LogP contribution >= 0.6 is 0 Å². The summed E-state index contributed by atoms with van der Waals surface area (Å²) < 4.78 is 0. The Morgan fingerprint density at radius 2 is 1.95 bits per heavy atom. The molecule has 1 fully saturated rings. The lowest BCUT2D eigenvalue weighted by molar-refractivity contribution is 0.271. The molecule has 0 heterocycles. The summed E-state index contributed by atoms with van der Waals surface area (Å²) in [6, 6.07) is 8.99. The minimum atomic E-state index is 0.940. The normalized spacial score (nSPS) is 16.4. The third kappa shape index (κ3) is 4.96. The van der Waals surface area contributed by atoms with E-state index < -0.39 is 0 Å². The molecule has 2 nitrogen and oxygen atoms in total. The molecule has 1 aliphatic carbocycles. The third-order valence-corrected chi connectivity index (χ3v) is 4.07. The van der Waals surface area contributed by atoms with Crippen LogP contribution in [0.5, 0.6) is 0 Å². The van der Waals surface area contributed by atoms with E-state index in [9.17, 15) is 0 Å². The van der Waals surface area contributed by atoms with Crippen molar-refractivity contribution in [3.8, 4) is 0 Å². The average Bonchev–Trinajstić information content (AvgIpc) is 2.89. The van der Waals surface area contributed by atoms with Gasteiger partial charge in [-0.15, -0.1) is 0 Å². The molecule has 1 aromatic carbocycles. The molecule has 0 radical (unpaired) electrons. The first-order valence-corrected chi connectivity index (χ1v) is 7.75. The lowest BCUT2D eigenvalue weighted by Crippen LogP contribution is -2.24. The van der Waals surface area contributed by atoms with Crippen LogP contribution < -0.4 is 5.32 Å². The number of benzene rings is 1. The van der Waals surface area contributed by atoms with Crippen LogP contribution in [-0.4, -0.2) is 25.0 Å². The van der Waals surface area contributed by atoms with E-state index in [1.165, 1.54) is 43.4 Å². The molecule has 2 rings (SSSR count). The van der Waals surface area contributed by atoms with Gasteiger partial charge in [0.05, 0.1) is 0 Å². The lowest BCUT2D eigenvalue weighted by atomic mass is 10.1. The summed E-state index contributed by atoms with van der Waals surface area (Å²) in [5, 5.41) is 3.39. The molecule has 0 aromatic heterocycles. The second kappa shape index (κ2) is 7.66. The van der Waals surface area contributed by atoms with Crippen LogP contribution in [0.2, 0.25) is 0 Å². The van der Waals surface area contributed by atoms with Gasteiger partial charge in [0.2, 0.25) is 0 Å². The van der Waals surface area contributed by atoms with Gasteiger partial charge in [0, 0.05) is 19.6 Å². The molecule has 2 heteroatoms. The van der Waals surface area contributed by atoms with Crippen molar-refractivity contribution in [1.82, 2.24) is 10.2 Å². The Balaban J connectivity index is 1.83. The summed E-state index contributed by atoms with van der Waals surface area (Å²) in [5.74, 6) is 0.940. The van der Waals surface area contributed by atoms with E-state index in [1.807, 2.05) is 0 Å². The summed E-state index contributed by atoms with van der Waals surface area (Å²) >= 11 is 0. The minimum Gasteiger partial charge on any atom is -0.313 e.